The zero-order valence-electron chi connectivity index (χ0n) is 22.2. The molecule has 0 saturated heterocycles. The lowest BCUT2D eigenvalue weighted by Crippen LogP contribution is -2.32. The highest BCUT2D eigenvalue weighted by atomic mass is 32.1. The summed E-state index contributed by atoms with van der Waals surface area (Å²) in [5.41, 5.74) is 0.233. The number of H-pyrrole nitrogens is 2. The highest BCUT2D eigenvalue weighted by Crippen LogP contribution is 2.24. The van der Waals surface area contributed by atoms with Gasteiger partial charge in [0.1, 0.15) is 5.00 Å². The molecule has 0 aliphatic rings. The lowest BCUT2D eigenvalue weighted by molar-refractivity contribution is 0.0947. The lowest BCUT2D eigenvalue weighted by Gasteiger charge is -2.08. The number of hydrogen-bond donors (Lipinski definition) is 4. The second-order valence-corrected chi connectivity index (χ2v) is 10.1. The zero-order valence-corrected chi connectivity index (χ0v) is 23.0. The molecule has 1 aromatic carbocycles. The molecule has 0 fully saturated rings. The average Bonchev–Trinajstić information content (AvgIpc) is 3.42. The van der Waals surface area contributed by atoms with Crippen LogP contribution < -0.4 is 33.1 Å². The summed E-state index contributed by atoms with van der Waals surface area (Å²) in [6, 6.07) is 12.8. The third-order valence-electron chi connectivity index (χ3n) is 6.19. The van der Waals surface area contributed by atoms with Crippen molar-refractivity contribution in [2.24, 2.45) is 19.1 Å². The number of aromatic amines is 2. The Morgan fingerprint density at radius 2 is 1.34 bits per heavy atom. The lowest BCUT2D eigenvalue weighted by atomic mass is 10.1. The molecule has 0 spiro atoms. The summed E-state index contributed by atoms with van der Waals surface area (Å²) in [6.45, 7) is 0.497. The van der Waals surface area contributed by atoms with Crippen LogP contribution in [-0.4, -0.2) is 50.2 Å². The monoisotopic (exact) mass is 577 g/mol. The smallest absolute Gasteiger partial charge is 0.328 e. The number of aliphatic imine (C=N–C) groups is 1. The Labute approximate surface area is 236 Å². The van der Waals surface area contributed by atoms with Gasteiger partial charge in [-0.2, -0.15) is 0 Å². The molecule has 3 aromatic heterocycles. The summed E-state index contributed by atoms with van der Waals surface area (Å²) < 4.78 is 2.65. The molecule has 3 heterocycles. The number of carbonyl (C=O) groups is 2. The molecule has 0 atom stereocenters. The molecule has 2 amide bonds. The van der Waals surface area contributed by atoms with Crippen LogP contribution in [0.4, 0.5) is 5.00 Å². The number of benzene rings is 1. The van der Waals surface area contributed by atoms with Crippen LogP contribution in [0.5, 0.6) is 0 Å². The van der Waals surface area contributed by atoms with E-state index in [2.05, 4.69) is 25.6 Å². The number of hydrogen-bond acceptors (Lipinski definition) is 8. The van der Waals surface area contributed by atoms with Gasteiger partial charge in [0.15, 0.2) is 0 Å². The van der Waals surface area contributed by atoms with Crippen LogP contribution in [0.3, 0.4) is 0 Å². The molecular weight excluding hydrogens is 550 g/mol. The van der Waals surface area contributed by atoms with E-state index in [0.29, 0.717) is 39.7 Å². The fraction of sp³-hybridized carbons (Fsp3) is 0.222. The molecular formula is C27H27N7O6S. The van der Waals surface area contributed by atoms with Gasteiger partial charge in [0, 0.05) is 75.3 Å². The third-order valence-corrected chi connectivity index (χ3v) is 7.18. The van der Waals surface area contributed by atoms with Crippen LogP contribution in [0.2, 0.25) is 0 Å². The quantitative estimate of drug-likeness (QED) is 0.196. The molecule has 41 heavy (non-hydrogen) atoms. The summed E-state index contributed by atoms with van der Waals surface area (Å²) in [7, 11) is 3.09. The number of thiophene rings is 1. The Hall–Kier alpha value is -5.11. The maximum Gasteiger partial charge on any atom is 0.328 e. The molecule has 0 unspecified atom stereocenters. The molecule has 4 N–H and O–H groups in total. The summed E-state index contributed by atoms with van der Waals surface area (Å²) in [5.74, 6) is -0.582. The molecule has 0 radical (unpaired) electrons. The van der Waals surface area contributed by atoms with Crippen molar-refractivity contribution < 1.29 is 9.59 Å². The van der Waals surface area contributed by atoms with Crippen molar-refractivity contribution in [3.63, 3.8) is 0 Å². The first-order valence-electron chi connectivity index (χ1n) is 12.5. The average molecular weight is 578 g/mol. The first-order valence-corrected chi connectivity index (χ1v) is 13.3. The van der Waals surface area contributed by atoms with Gasteiger partial charge in [0.2, 0.25) is 0 Å². The number of aromatic nitrogens is 4. The van der Waals surface area contributed by atoms with Crippen LogP contribution in [0.1, 0.15) is 37.0 Å². The van der Waals surface area contributed by atoms with Crippen LogP contribution >= 0.6 is 11.3 Å². The van der Waals surface area contributed by atoms with Crippen molar-refractivity contribution in [2.45, 2.75) is 12.8 Å². The Bertz CT molecular complexity index is 1840. The summed E-state index contributed by atoms with van der Waals surface area (Å²) in [6.07, 6.45) is 2.26. The summed E-state index contributed by atoms with van der Waals surface area (Å²) in [4.78, 5) is 80.5. The predicted octanol–water partition coefficient (Wildman–Crippen LogP) is 0.218. The van der Waals surface area contributed by atoms with Crippen molar-refractivity contribution in [3.05, 3.63) is 118 Å². The molecule has 0 aliphatic heterocycles. The van der Waals surface area contributed by atoms with Gasteiger partial charge in [0.05, 0.1) is 4.88 Å². The minimum Gasteiger partial charge on any atom is -0.352 e. The van der Waals surface area contributed by atoms with E-state index in [-0.39, 0.29) is 24.9 Å². The third kappa shape index (κ3) is 7.51. The van der Waals surface area contributed by atoms with Crippen molar-refractivity contribution in [1.82, 2.24) is 29.7 Å². The van der Waals surface area contributed by atoms with Gasteiger partial charge in [-0.15, -0.1) is 11.3 Å². The Kier molecular flexibility index (Phi) is 9.04. The molecule has 13 nitrogen and oxygen atoms in total. The van der Waals surface area contributed by atoms with E-state index in [9.17, 15) is 28.8 Å². The van der Waals surface area contributed by atoms with Gasteiger partial charge < -0.3 is 19.8 Å². The largest absolute Gasteiger partial charge is 0.352 e. The zero-order chi connectivity index (χ0) is 29.5. The van der Waals surface area contributed by atoms with Gasteiger partial charge in [-0.3, -0.25) is 29.1 Å². The van der Waals surface area contributed by atoms with Gasteiger partial charge in [-0.1, -0.05) is 12.1 Å². The summed E-state index contributed by atoms with van der Waals surface area (Å²) >= 11 is 1.21. The SMILES string of the molecule is Cn1c(CCNC(=O)c2ccc(C=Nc3ccc(C(=O)NCCc4cc(=O)[nH]c(=O)n4C)s3)cc2)cc(=O)[nH]c1=O. The molecule has 0 bridgehead atoms. The highest BCUT2D eigenvalue weighted by Gasteiger charge is 2.10. The van der Waals surface area contributed by atoms with E-state index in [1.54, 1.807) is 56.7 Å². The predicted molar refractivity (Wildman–Crippen MR) is 155 cm³/mol. The van der Waals surface area contributed by atoms with Gasteiger partial charge in [-0.25, -0.2) is 14.6 Å². The van der Waals surface area contributed by atoms with E-state index in [1.165, 1.54) is 32.6 Å². The van der Waals surface area contributed by atoms with Crippen LogP contribution in [0.15, 0.2) is 72.7 Å². The van der Waals surface area contributed by atoms with Crippen LogP contribution in [-0.2, 0) is 26.9 Å². The Morgan fingerprint density at radius 1 is 0.805 bits per heavy atom. The summed E-state index contributed by atoms with van der Waals surface area (Å²) in [5, 5.41) is 6.16. The molecule has 4 aromatic rings. The number of nitrogens with zero attached hydrogens (tertiary/aromatic N) is 3. The molecule has 14 heteroatoms. The number of carbonyl (C=O) groups excluding carboxylic acids is 2. The van der Waals surface area contributed by atoms with Gasteiger partial charge in [0.25, 0.3) is 22.9 Å². The van der Waals surface area contributed by atoms with Crippen molar-refractivity contribution in [1.29, 1.82) is 0 Å². The van der Waals surface area contributed by atoms with Crippen molar-refractivity contribution >= 4 is 34.4 Å². The fourth-order valence-corrected chi connectivity index (χ4v) is 4.63. The second kappa shape index (κ2) is 12.8. The second-order valence-electron chi connectivity index (χ2n) is 9.01. The Morgan fingerprint density at radius 3 is 1.90 bits per heavy atom. The van der Waals surface area contributed by atoms with E-state index < -0.39 is 22.5 Å². The van der Waals surface area contributed by atoms with E-state index >= 15 is 0 Å². The van der Waals surface area contributed by atoms with E-state index in [0.717, 1.165) is 5.56 Å². The molecule has 212 valence electrons. The minimum atomic E-state index is -0.508. The number of rotatable bonds is 10. The molecule has 4 rings (SSSR count). The van der Waals surface area contributed by atoms with Crippen LogP contribution in [0.25, 0.3) is 0 Å². The van der Waals surface area contributed by atoms with Gasteiger partial charge >= 0.3 is 11.4 Å². The molecule has 0 aliphatic carbocycles. The van der Waals surface area contributed by atoms with E-state index in [1.807, 2.05) is 0 Å². The maximum absolute atomic E-state index is 12.5. The van der Waals surface area contributed by atoms with Crippen LogP contribution in [0, 0.1) is 0 Å². The number of amides is 2. The van der Waals surface area contributed by atoms with Crippen molar-refractivity contribution in [2.75, 3.05) is 13.1 Å². The fourth-order valence-electron chi connectivity index (χ4n) is 3.86. The van der Waals surface area contributed by atoms with Crippen molar-refractivity contribution in [3.8, 4) is 0 Å². The first-order chi connectivity index (χ1) is 19.6. The minimum absolute atomic E-state index is 0.248. The van der Waals surface area contributed by atoms with Gasteiger partial charge in [-0.05, 0) is 29.8 Å². The standard InChI is InChI=1S/C27H27N7O6S/c1-33-18(13-21(35)31-26(33)39)9-11-28-24(37)17-5-3-16(4-6-17)15-30-23-8-7-20(41-23)25(38)29-12-10-19-14-22(36)32-27(40)34(19)2/h3-8,13-15H,9-12H2,1-2H3,(H,28,37)(H,29,38)(H,31,35,39)(H,32,36,40). The maximum atomic E-state index is 12.5. The highest BCUT2D eigenvalue weighted by molar-refractivity contribution is 7.17. The Balaban J connectivity index is 1.27. The first kappa shape index (κ1) is 28.9. The molecule has 0 saturated carbocycles. The van der Waals surface area contributed by atoms with E-state index in [4.69, 9.17) is 0 Å². The number of nitrogens with one attached hydrogen (secondary N) is 4. The topological polar surface area (TPSA) is 180 Å². The normalized spacial score (nSPS) is 11.1.